The van der Waals surface area contributed by atoms with Crippen LogP contribution in [-0.4, -0.2) is 102 Å². The molecule has 1 aromatic heterocycles. The van der Waals surface area contributed by atoms with E-state index in [1.165, 1.54) is 16.7 Å². The zero-order valence-corrected chi connectivity index (χ0v) is 49.0. The summed E-state index contributed by atoms with van der Waals surface area (Å²) >= 11 is 0. The Kier molecular flexibility index (Phi) is 16.9. The lowest BCUT2D eigenvalue weighted by molar-refractivity contribution is -0.141. The van der Waals surface area contributed by atoms with Crippen molar-refractivity contribution in [1.29, 1.82) is 0 Å². The van der Waals surface area contributed by atoms with Crippen molar-refractivity contribution in [1.82, 2.24) is 26.3 Å². The number of fused-ring (bicyclic) bond motifs is 12. The van der Waals surface area contributed by atoms with E-state index in [4.69, 9.17) is 18.9 Å². The van der Waals surface area contributed by atoms with E-state index in [0.29, 0.717) is 88.5 Å². The predicted octanol–water partition coefficient (Wildman–Crippen LogP) is 10.5. The number of aromatic amines is 1. The van der Waals surface area contributed by atoms with Gasteiger partial charge in [0.2, 0.25) is 0 Å². The lowest BCUT2D eigenvalue weighted by Crippen LogP contribution is -2.62. The molecule has 13 heteroatoms. The van der Waals surface area contributed by atoms with E-state index in [9.17, 15) is 20.4 Å². The molecule has 0 fully saturated rings. The third-order valence-electron chi connectivity index (χ3n) is 17.9. The van der Waals surface area contributed by atoms with Gasteiger partial charge in [-0.15, -0.1) is 0 Å². The molecule has 5 aliphatic rings. The second-order valence-corrected chi connectivity index (χ2v) is 24.5. The van der Waals surface area contributed by atoms with Crippen molar-refractivity contribution in [2.45, 2.75) is 126 Å². The van der Waals surface area contributed by atoms with Crippen LogP contribution in [0, 0.1) is 17.8 Å². The summed E-state index contributed by atoms with van der Waals surface area (Å²) in [7, 11) is 1.88. The molecular weight excluding hydrogens is 1050 g/mol. The molecule has 13 nitrogen and oxygen atoms in total. The number of phenols is 2. The number of H-pyrrole nitrogens is 1. The number of nitrogens with one attached hydrogen (secondary N) is 5. The summed E-state index contributed by atoms with van der Waals surface area (Å²) in [5.74, 6) is 9.37. The first kappa shape index (κ1) is 57.3. The first-order chi connectivity index (χ1) is 40.9. The normalized spacial score (nSPS) is 21.8. The van der Waals surface area contributed by atoms with Crippen molar-refractivity contribution in [3.8, 4) is 51.7 Å². The molecule has 0 spiro atoms. The first-order valence-corrected chi connectivity index (χ1v) is 30.4. The summed E-state index contributed by atoms with van der Waals surface area (Å²) < 4.78 is 28.9. The van der Waals surface area contributed by atoms with Crippen molar-refractivity contribution in [3.63, 3.8) is 0 Å². The zero-order chi connectivity index (χ0) is 58.0. The van der Waals surface area contributed by atoms with Gasteiger partial charge < -0.3 is 55.0 Å². The second-order valence-electron chi connectivity index (χ2n) is 24.5. The highest BCUT2D eigenvalue weighted by molar-refractivity contribution is 5.90. The number of hydrogen-bond acceptors (Lipinski definition) is 12. The molecule has 7 atom stereocenters. The number of aromatic hydroxyl groups is 2. The maximum Gasteiger partial charge on any atom is 0.161 e. The largest absolute Gasteiger partial charge is 0.507 e. The number of hydrogen-bond donors (Lipinski definition) is 9. The summed E-state index contributed by atoms with van der Waals surface area (Å²) in [4.78, 5) is 3.42. The van der Waals surface area contributed by atoms with Crippen LogP contribution >= 0.6 is 0 Å². The molecule has 0 radical (unpaired) electrons. The number of benzene rings is 6. The van der Waals surface area contributed by atoms with Crippen molar-refractivity contribution in [3.05, 3.63) is 177 Å². The van der Waals surface area contributed by atoms with Crippen LogP contribution in [0.5, 0.6) is 28.7 Å². The molecule has 6 aromatic carbocycles. The number of aliphatic hydroxyl groups excluding tert-OH is 1. The molecule has 7 unspecified atom stereocenters. The summed E-state index contributed by atoms with van der Waals surface area (Å²) in [5, 5.41) is 62.2. The predicted molar refractivity (Wildman–Crippen MR) is 331 cm³/mol. The van der Waals surface area contributed by atoms with Gasteiger partial charge in [-0.05, 0) is 182 Å². The van der Waals surface area contributed by atoms with Crippen LogP contribution in [0.4, 0.5) is 0 Å². The van der Waals surface area contributed by atoms with E-state index in [1.54, 1.807) is 0 Å². The van der Waals surface area contributed by atoms with Crippen LogP contribution in [-0.2, 0) is 43.3 Å². The van der Waals surface area contributed by atoms with Gasteiger partial charge in [0.15, 0.2) is 17.6 Å². The minimum atomic E-state index is -1.24. The Hall–Kier alpha value is -7.12. The molecular formula is C71H81N5O8. The molecule has 4 heterocycles. The van der Waals surface area contributed by atoms with Crippen molar-refractivity contribution in [2.24, 2.45) is 5.92 Å². The number of aromatic nitrogens is 1. The highest BCUT2D eigenvalue weighted by Crippen LogP contribution is 2.62. The maximum atomic E-state index is 12.1. The third kappa shape index (κ3) is 11.6. The van der Waals surface area contributed by atoms with E-state index in [0.717, 1.165) is 91.7 Å². The fraction of sp³-hybridized carbons (Fsp3) is 0.408. The number of aryl methyl sites for hydroxylation is 3. The average Bonchev–Trinajstić information content (AvgIpc) is 0.889. The van der Waals surface area contributed by atoms with E-state index < -0.39 is 29.5 Å². The van der Waals surface area contributed by atoms with Gasteiger partial charge in [0.05, 0.1) is 25.5 Å². The summed E-state index contributed by atoms with van der Waals surface area (Å²) in [5.41, 5.74) is 12.1. The molecule has 2 bridgehead atoms. The Labute approximate surface area is 494 Å². The van der Waals surface area contributed by atoms with Crippen molar-refractivity contribution >= 4 is 17.0 Å². The Morgan fingerprint density at radius 3 is 2.46 bits per heavy atom. The van der Waals surface area contributed by atoms with Gasteiger partial charge in [0.1, 0.15) is 35.0 Å². The van der Waals surface area contributed by atoms with Crippen LogP contribution in [0.15, 0.2) is 121 Å². The van der Waals surface area contributed by atoms with E-state index in [1.807, 2.05) is 50.5 Å². The Morgan fingerprint density at radius 1 is 0.869 bits per heavy atom. The number of phenolic OH excluding ortho intramolecular Hbond substituents is 2. The standard InChI is InChI=1S/C71H81N5O8/c1-44(2)37-70(3,80)41-74-42-76-62-19-11-12-31-81-61-35-50(33-49(66(61)79)21-20-46-16-9-6-10-17-46)69-71(62,82-43-72-4)38-58-55-36-57-63(48-22-26-59-47(32-48)28-30-75-59)51(39-73-29-13-18-45-14-7-5-8-15-45)34-56-60(78)27-25-53(64(56)57)65(55)68-54(67(58)84-69)24-23-52(40-77)83-68/h5-10,14-17,22,25-28,30,32-35,44,52,57,62-63,69,72-80H,12-13,18,20-21,23-24,29,31,36-43H2,1-4H3. The molecule has 3 aliphatic heterocycles. The minimum absolute atomic E-state index is 0.0851. The fourth-order valence-electron chi connectivity index (χ4n) is 14.3. The van der Waals surface area contributed by atoms with Gasteiger partial charge in [-0.3, -0.25) is 10.6 Å². The minimum Gasteiger partial charge on any atom is -0.507 e. The fourth-order valence-corrected chi connectivity index (χ4v) is 14.3. The van der Waals surface area contributed by atoms with Crippen molar-refractivity contribution < 1.29 is 39.4 Å². The van der Waals surface area contributed by atoms with Gasteiger partial charge in [-0.2, -0.15) is 0 Å². The van der Waals surface area contributed by atoms with Crippen molar-refractivity contribution in [2.75, 3.05) is 53.3 Å². The van der Waals surface area contributed by atoms with Crippen LogP contribution in [0.3, 0.4) is 0 Å². The Balaban J connectivity index is 1.03. The molecule has 0 amide bonds. The maximum absolute atomic E-state index is 12.1. The molecule has 84 heavy (non-hydrogen) atoms. The van der Waals surface area contributed by atoms with E-state index >= 15 is 0 Å². The van der Waals surface area contributed by atoms with Crippen LogP contribution in [0.2, 0.25) is 0 Å². The molecule has 0 saturated heterocycles. The number of rotatable bonds is 21. The van der Waals surface area contributed by atoms with E-state index in [2.05, 4.69) is 137 Å². The third-order valence-corrected chi connectivity index (χ3v) is 17.9. The van der Waals surface area contributed by atoms with Gasteiger partial charge >= 0.3 is 0 Å². The van der Waals surface area contributed by atoms with Crippen LogP contribution in [0.25, 0.3) is 28.1 Å². The van der Waals surface area contributed by atoms with Crippen LogP contribution < -0.4 is 35.5 Å². The van der Waals surface area contributed by atoms with E-state index in [-0.39, 0.29) is 43.3 Å². The van der Waals surface area contributed by atoms with Crippen LogP contribution in [0.1, 0.15) is 120 Å². The lowest BCUT2D eigenvalue weighted by Gasteiger charge is -2.50. The first-order valence-electron chi connectivity index (χ1n) is 30.4. The Morgan fingerprint density at radius 2 is 1.68 bits per heavy atom. The second kappa shape index (κ2) is 24.8. The molecule has 2 aliphatic carbocycles. The number of aliphatic hydroxyl groups is 2. The number of ether oxygens (including phenoxy) is 4. The molecule has 7 aromatic rings. The van der Waals surface area contributed by atoms with Gasteiger partial charge in [-0.1, -0.05) is 98.5 Å². The summed E-state index contributed by atoms with van der Waals surface area (Å²) in [6.07, 6.45) is 9.29. The van der Waals surface area contributed by atoms with Gasteiger partial charge in [0.25, 0.3) is 0 Å². The van der Waals surface area contributed by atoms with Gasteiger partial charge in [-0.25, -0.2) is 0 Å². The summed E-state index contributed by atoms with van der Waals surface area (Å²) in [6, 6.07) is 37.1. The topological polar surface area (TPSA) is 182 Å². The molecule has 0 saturated carbocycles. The average molecular weight is 1130 g/mol. The monoisotopic (exact) mass is 1130 g/mol. The molecule has 9 N–H and O–H groups in total. The summed E-state index contributed by atoms with van der Waals surface area (Å²) in [6.45, 7) is 8.50. The molecule has 438 valence electrons. The Bertz CT molecular complexity index is 3590. The molecule has 12 rings (SSSR count). The smallest absolute Gasteiger partial charge is 0.161 e. The zero-order valence-electron chi connectivity index (χ0n) is 49.0. The quantitative estimate of drug-likeness (QED) is 0.0189. The van der Waals surface area contributed by atoms with Gasteiger partial charge in [0, 0.05) is 72.5 Å². The highest BCUT2D eigenvalue weighted by Gasteiger charge is 2.55. The SMILES string of the molecule is CNCOC12Cc3c4c(c5c(c3OC1c1cc(CCc3ccccc3)c(O)c(c1)OCCC#CC2NCNCC(C)(O)CC(C)C)CCC(CO)O5)-c1ccc(O)c2c1C(C4)C(c1ccc3[nH]ccc3c1)C(CNCCCc1ccccc1)=C2. The highest BCUT2D eigenvalue weighted by atomic mass is 16.6. The lowest BCUT2D eigenvalue weighted by atomic mass is 9.62.